The fourth-order valence-corrected chi connectivity index (χ4v) is 6.08. The number of hydrogen-bond donors (Lipinski definition) is 3. The smallest absolute Gasteiger partial charge is 0.245 e. The lowest BCUT2D eigenvalue weighted by molar-refractivity contribution is -0.144. The molecule has 2 aromatic rings. The zero-order valence-electron chi connectivity index (χ0n) is 20.7. The maximum absolute atomic E-state index is 13.9. The highest BCUT2D eigenvalue weighted by Crippen LogP contribution is 2.57. The predicted molar refractivity (Wildman–Crippen MR) is 128 cm³/mol. The van der Waals surface area contributed by atoms with E-state index in [1.807, 2.05) is 24.9 Å². The summed E-state index contributed by atoms with van der Waals surface area (Å²) in [6, 6.07) is 0.174. The standard InChI is InChI=1S/C26H30N2O7/c1-11-7-13-8-16-26(32)28-15(20(27(16)3)18(13)22(31)23(11)33-4)9-14-19(17(28)10-29)25(35-6)24(34-5)12(2)21(14)30/h7,9,16-17,20,29-31H,8,10H2,1-6H3/t16?,17-,20?/m0/s1. The summed E-state index contributed by atoms with van der Waals surface area (Å²) >= 11 is 0. The number of hydrogen-bond acceptors (Lipinski definition) is 8. The molecule has 3 aliphatic heterocycles. The molecule has 35 heavy (non-hydrogen) atoms. The number of aliphatic hydroxyl groups excluding tert-OH is 1. The SMILES string of the molecule is COc1c(C)cc2c(c1O)C1C3=Cc4c(O)c(C)c(OC)c(OC)c4[C@H](CO)N3C(=O)C(C2)N1C. The maximum Gasteiger partial charge on any atom is 0.245 e. The van der Waals surface area contributed by atoms with E-state index in [4.69, 9.17) is 14.2 Å². The van der Waals surface area contributed by atoms with Crippen LogP contribution in [0.2, 0.25) is 0 Å². The minimum Gasteiger partial charge on any atom is -0.507 e. The van der Waals surface area contributed by atoms with Gasteiger partial charge in [0.2, 0.25) is 5.91 Å². The molecular weight excluding hydrogens is 452 g/mol. The number of amides is 1. The van der Waals surface area contributed by atoms with E-state index in [1.54, 1.807) is 17.9 Å². The van der Waals surface area contributed by atoms with Crippen LogP contribution < -0.4 is 14.2 Å². The van der Waals surface area contributed by atoms with E-state index in [0.29, 0.717) is 51.6 Å². The number of aromatic hydroxyl groups is 2. The lowest BCUT2D eigenvalue weighted by Gasteiger charge is -2.53. The Morgan fingerprint density at radius 3 is 2.26 bits per heavy atom. The molecule has 0 saturated carbocycles. The molecule has 1 saturated heterocycles. The molecule has 3 N–H and O–H groups in total. The molecule has 186 valence electrons. The second-order valence-electron chi connectivity index (χ2n) is 9.28. The molecule has 0 aromatic heterocycles. The van der Waals surface area contributed by atoms with Crippen molar-refractivity contribution < 1.29 is 34.3 Å². The van der Waals surface area contributed by atoms with Gasteiger partial charge in [-0.15, -0.1) is 0 Å². The van der Waals surface area contributed by atoms with Gasteiger partial charge in [-0.2, -0.15) is 0 Å². The van der Waals surface area contributed by atoms with Gasteiger partial charge in [0.25, 0.3) is 0 Å². The number of piperazine rings is 1. The number of fused-ring (bicyclic) bond motifs is 7. The van der Waals surface area contributed by atoms with Crippen LogP contribution >= 0.6 is 0 Å². The van der Waals surface area contributed by atoms with Gasteiger partial charge in [-0.3, -0.25) is 9.69 Å². The quantitative estimate of drug-likeness (QED) is 0.610. The summed E-state index contributed by atoms with van der Waals surface area (Å²) in [5, 5.41) is 33.0. The molecule has 1 fully saturated rings. The normalized spacial score (nSPS) is 22.7. The van der Waals surface area contributed by atoms with Gasteiger partial charge in [-0.1, -0.05) is 6.07 Å². The van der Waals surface area contributed by atoms with E-state index in [-0.39, 0.29) is 17.4 Å². The molecule has 3 aliphatic rings. The monoisotopic (exact) mass is 482 g/mol. The van der Waals surface area contributed by atoms with Gasteiger partial charge in [0.05, 0.1) is 46.1 Å². The highest BCUT2D eigenvalue weighted by atomic mass is 16.5. The number of phenols is 2. The Bertz CT molecular complexity index is 1290. The van der Waals surface area contributed by atoms with E-state index in [9.17, 15) is 20.1 Å². The van der Waals surface area contributed by atoms with Crippen LogP contribution in [0.25, 0.3) is 6.08 Å². The second kappa shape index (κ2) is 8.07. The third-order valence-electron chi connectivity index (χ3n) is 7.65. The number of benzene rings is 2. The van der Waals surface area contributed by atoms with Crippen LogP contribution in [-0.2, 0) is 11.2 Å². The summed E-state index contributed by atoms with van der Waals surface area (Å²) in [5.74, 6) is 0.960. The summed E-state index contributed by atoms with van der Waals surface area (Å²) in [6.07, 6.45) is 2.16. The third-order valence-corrected chi connectivity index (χ3v) is 7.65. The van der Waals surface area contributed by atoms with E-state index in [2.05, 4.69) is 0 Å². The number of ether oxygens (including phenoxy) is 3. The van der Waals surface area contributed by atoms with E-state index < -0.39 is 24.7 Å². The molecule has 2 aromatic carbocycles. The third kappa shape index (κ3) is 2.91. The zero-order valence-corrected chi connectivity index (χ0v) is 20.7. The average Bonchev–Trinajstić information content (AvgIpc) is 2.83. The number of aliphatic hydroxyl groups is 1. The lowest BCUT2D eigenvalue weighted by atomic mass is 9.78. The highest BCUT2D eigenvalue weighted by Gasteiger charge is 2.52. The molecule has 3 atom stereocenters. The molecule has 3 heterocycles. The molecule has 0 radical (unpaired) electrons. The minimum absolute atomic E-state index is 0.0118. The van der Waals surface area contributed by atoms with Crippen LogP contribution in [0.3, 0.4) is 0 Å². The summed E-state index contributed by atoms with van der Waals surface area (Å²) in [4.78, 5) is 17.4. The molecule has 9 heteroatoms. The summed E-state index contributed by atoms with van der Waals surface area (Å²) in [7, 11) is 6.34. The Labute approximate surface area is 203 Å². The number of methoxy groups -OCH3 is 3. The van der Waals surface area contributed by atoms with Crippen molar-refractivity contribution in [2.45, 2.75) is 38.4 Å². The van der Waals surface area contributed by atoms with Gasteiger partial charge in [0.15, 0.2) is 23.0 Å². The van der Waals surface area contributed by atoms with Crippen molar-refractivity contribution in [2.24, 2.45) is 0 Å². The largest absolute Gasteiger partial charge is 0.507 e. The highest BCUT2D eigenvalue weighted by molar-refractivity contribution is 5.91. The number of aryl methyl sites for hydroxylation is 1. The topological polar surface area (TPSA) is 112 Å². The molecule has 2 bridgehead atoms. The number of carbonyl (C=O) groups excluding carboxylic acids is 1. The Morgan fingerprint density at radius 1 is 1.00 bits per heavy atom. The number of phenolic OH excluding ortho intramolecular Hbond substituents is 2. The van der Waals surface area contributed by atoms with Crippen molar-refractivity contribution in [3.05, 3.63) is 45.1 Å². The van der Waals surface area contributed by atoms with E-state index in [1.165, 1.54) is 21.3 Å². The van der Waals surface area contributed by atoms with Crippen molar-refractivity contribution >= 4 is 12.0 Å². The van der Waals surface area contributed by atoms with Gasteiger partial charge in [0, 0.05) is 28.0 Å². The lowest BCUT2D eigenvalue weighted by Crippen LogP contribution is -2.60. The first-order valence-corrected chi connectivity index (χ1v) is 11.5. The minimum atomic E-state index is -0.803. The fourth-order valence-electron chi connectivity index (χ4n) is 6.08. The van der Waals surface area contributed by atoms with Crippen molar-refractivity contribution in [3.63, 3.8) is 0 Å². The van der Waals surface area contributed by atoms with Crippen LogP contribution in [0, 0.1) is 13.8 Å². The first-order valence-electron chi connectivity index (χ1n) is 11.5. The van der Waals surface area contributed by atoms with Crippen molar-refractivity contribution in [1.29, 1.82) is 0 Å². The first-order chi connectivity index (χ1) is 16.7. The second-order valence-corrected chi connectivity index (χ2v) is 9.28. The van der Waals surface area contributed by atoms with Gasteiger partial charge >= 0.3 is 0 Å². The van der Waals surface area contributed by atoms with Crippen LogP contribution in [0.5, 0.6) is 28.7 Å². The number of likely N-dealkylation sites (N-methyl/N-ethyl adjacent to an activating group) is 1. The molecule has 2 unspecified atom stereocenters. The van der Waals surface area contributed by atoms with E-state index in [0.717, 1.165) is 11.1 Å². The Hall–Kier alpha value is -3.43. The summed E-state index contributed by atoms with van der Waals surface area (Å²) in [5.41, 5.74) is 4.31. The Kier molecular flexibility index (Phi) is 5.37. The molecule has 0 spiro atoms. The van der Waals surface area contributed by atoms with Crippen molar-refractivity contribution in [1.82, 2.24) is 9.80 Å². The predicted octanol–water partition coefficient (Wildman–Crippen LogP) is 2.57. The van der Waals surface area contributed by atoms with Crippen LogP contribution in [-0.4, -0.2) is 72.1 Å². The van der Waals surface area contributed by atoms with Gasteiger partial charge in [-0.05, 0) is 44.5 Å². The van der Waals surface area contributed by atoms with Gasteiger partial charge < -0.3 is 34.4 Å². The number of carbonyl (C=O) groups is 1. The average molecular weight is 483 g/mol. The molecular formula is C26H30N2O7. The molecule has 0 aliphatic carbocycles. The maximum atomic E-state index is 13.9. The van der Waals surface area contributed by atoms with Crippen LogP contribution in [0.1, 0.15) is 45.5 Å². The van der Waals surface area contributed by atoms with Crippen LogP contribution in [0.15, 0.2) is 11.8 Å². The first kappa shape index (κ1) is 23.3. The summed E-state index contributed by atoms with van der Waals surface area (Å²) < 4.78 is 16.7. The van der Waals surface area contributed by atoms with Crippen molar-refractivity contribution in [3.8, 4) is 28.7 Å². The number of nitrogens with zero attached hydrogens (tertiary/aromatic N) is 2. The zero-order chi connectivity index (χ0) is 25.3. The van der Waals surface area contributed by atoms with Crippen LogP contribution in [0.4, 0.5) is 0 Å². The van der Waals surface area contributed by atoms with Gasteiger partial charge in [-0.25, -0.2) is 0 Å². The van der Waals surface area contributed by atoms with Crippen molar-refractivity contribution in [2.75, 3.05) is 35.0 Å². The summed E-state index contributed by atoms with van der Waals surface area (Å²) in [6.45, 7) is 3.19. The molecule has 5 rings (SSSR count). The molecule has 9 nitrogen and oxygen atoms in total. The Balaban J connectivity index is 1.85. The number of rotatable bonds is 4. The van der Waals surface area contributed by atoms with E-state index >= 15 is 0 Å². The fraction of sp³-hybridized carbons (Fsp3) is 0.423. The molecule has 1 amide bonds. The van der Waals surface area contributed by atoms with Gasteiger partial charge in [0.1, 0.15) is 5.75 Å². The Morgan fingerprint density at radius 2 is 1.66 bits per heavy atom.